The molecular weight excluding hydrogens is 498 g/mol. The normalized spacial score (nSPS) is 13.3. The van der Waals surface area contributed by atoms with Gasteiger partial charge in [0.2, 0.25) is 0 Å². The Bertz CT molecular complexity index is 885. The van der Waals surface area contributed by atoms with Crippen molar-refractivity contribution >= 4 is 25.2 Å². The van der Waals surface area contributed by atoms with Gasteiger partial charge in [0.15, 0.2) is 0 Å². The number of ether oxygens (including phenoxy) is 1. The third-order valence-corrected chi connectivity index (χ3v) is 14.3. The van der Waals surface area contributed by atoms with E-state index in [4.69, 9.17) is 9.15 Å². The van der Waals surface area contributed by atoms with Gasteiger partial charge in [-0.25, -0.2) is 4.79 Å². The number of carbonyl (C=O) groups excluding carboxylic acids is 1. The number of hydrogen-bond acceptors (Lipinski definition) is 3. The fraction of sp³-hybridized carbons (Fsp3) is 0.676. The molecule has 2 aromatic rings. The highest BCUT2D eigenvalue weighted by molar-refractivity contribution is 6.91. The van der Waals surface area contributed by atoms with E-state index < -0.39 is 8.07 Å². The van der Waals surface area contributed by atoms with Crippen molar-refractivity contribution in [3.05, 3.63) is 48.2 Å². The maximum absolute atomic E-state index is 13.0. The van der Waals surface area contributed by atoms with Crippen molar-refractivity contribution in [2.75, 3.05) is 5.32 Å². The number of aryl methyl sites for hydroxylation is 1. The molecule has 2 unspecified atom stereocenters. The van der Waals surface area contributed by atoms with Crippen molar-refractivity contribution < 1.29 is 13.9 Å². The molecular formula is C34H57NO3Si. The average Bonchev–Trinajstić information content (AvgIpc) is 3.42. The maximum Gasteiger partial charge on any atom is 0.411 e. The molecule has 2 atom stereocenters. The lowest BCUT2D eigenvalue weighted by Crippen LogP contribution is -2.46. The molecule has 0 spiro atoms. The highest BCUT2D eigenvalue weighted by Gasteiger charge is 2.35. The Hall–Kier alpha value is -2.01. The van der Waals surface area contributed by atoms with Crippen molar-refractivity contribution in [1.82, 2.24) is 0 Å². The molecule has 39 heavy (non-hydrogen) atoms. The van der Waals surface area contributed by atoms with E-state index in [-0.39, 0.29) is 12.2 Å². The summed E-state index contributed by atoms with van der Waals surface area (Å²) in [4.78, 5) is 13.0. The molecule has 4 nitrogen and oxygen atoms in total. The number of carbonyl (C=O) groups is 1. The molecule has 0 fully saturated rings. The Labute approximate surface area is 240 Å². The quantitative estimate of drug-likeness (QED) is 0.123. The first kappa shape index (κ1) is 33.2. The molecule has 1 amide bonds. The lowest BCUT2D eigenvalue weighted by atomic mass is 9.87. The van der Waals surface area contributed by atoms with Crippen LogP contribution in [-0.2, 0) is 11.2 Å². The average molecular weight is 556 g/mol. The summed E-state index contributed by atoms with van der Waals surface area (Å²) in [5.74, 6) is 0.414. The van der Waals surface area contributed by atoms with Crippen molar-refractivity contribution in [2.24, 2.45) is 5.92 Å². The number of unbranched alkanes of at least 4 members (excludes halogenated alkanes) is 6. The summed E-state index contributed by atoms with van der Waals surface area (Å²) < 4.78 is 12.4. The number of hydrogen-bond donors (Lipinski definition) is 1. The molecule has 0 bridgehead atoms. The molecule has 0 aliphatic rings. The third-order valence-electron chi connectivity index (χ3n) is 8.85. The fourth-order valence-electron chi connectivity index (χ4n) is 6.09. The zero-order chi connectivity index (χ0) is 28.3. The second-order valence-corrected chi connectivity index (χ2v) is 16.5. The molecule has 2 rings (SSSR count). The Kier molecular flexibility index (Phi) is 16.3. The van der Waals surface area contributed by atoms with Crippen LogP contribution in [0.3, 0.4) is 0 Å². The summed E-state index contributed by atoms with van der Waals surface area (Å²) in [7, 11) is -1.57. The largest absolute Gasteiger partial charge is 0.474 e. The maximum atomic E-state index is 13.0. The molecule has 1 heterocycles. The van der Waals surface area contributed by atoms with Gasteiger partial charge in [0.05, 0.1) is 11.6 Å². The van der Waals surface area contributed by atoms with Crippen LogP contribution in [0, 0.1) is 5.92 Å². The second-order valence-electron chi connectivity index (χ2n) is 11.4. The van der Waals surface area contributed by atoms with E-state index in [1.165, 1.54) is 80.4 Å². The van der Waals surface area contributed by atoms with Gasteiger partial charge in [-0.05, 0) is 61.8 Å². The van der Waals surface area contributed by atoms with Crippen LogP contribution in [0.1, 0.15) is 117 Å². The van der Waals surface area contributed by atoms with Gasteiger partial charge < -0.3 is 9.15 Å². The fourth-order valence-corrected chi connectivity index (χ4v) is 9.76. The van der Waals surface area contributed by atoms with Gasteiger partial charge in [-0.1, -0.05) is 122 Å². The van der Waals surface area contributed by atoms with E-state index >= 15 is 0 Å². The zero-order valence-electron chi connectivity index (χ0n) is 25.7. The predicted molar refractivity (Wildman–Crippen MR) is 170 cm³/mol. The van der Waals surface area contributed by atoms with Gasteiger partial charge >= 0.3 is 6.09 Å². The molecule has 5 heteroatoms. The van der Waals surface area contributed by atoms with Gasteiger partial charge in [-0.2, -0.15) is 0 Å². The zero-order valence-corrected chi connectivity index (χ0v) is 26.7. The summed E-state index contributed by atoms with van der Waals surface area (Å²) in [6, 6.07) is 15.5. The van der Waals surface area contributed by atoms with E-state index in [1.54, 1.807) is 0 Å². The monoisotopic (exact) mass is 555 g/mol. The number of nitrogens with one attached hydrogen (secondary N) is 1. The van der Waals surface area contributed by atoms with Gasteiger partial charge in [0.25, 0.3) is 0 Å². The van der Waals surface area contributed by atoms with Crippen molar-refractivity contribution in [3.8, 4) is 0 Å². The molecule has 0 saturated heterocycles. The summed E-state index contributed by atoms with van der Waals surface area (Å²) >= 11 is 0. The Balaban J connectivity index is 2.10. The lowest BCUT2D eigenvalue weighted by molar-refractivity contribution is 0.0560. The van der Waals surface area contributed by atoms with Crippen LogP contribution in [0.4, 0.5) is 10.5 Å². The van der Waals surface area contributed by atoms with Crippen LogP contribution < -0.4 is 10.7 Å². The first-order valence-electron chi connectivity index (χ1n) is 16.1. The summed E-state index contributed by atoms with van der Waals surface area (Å²) in [6.45, 7) is 11.5. The van der Waals surface area contributed by atoms with Crippen LogP contribution >= 0.6 is 0 Å². The summed E-state index contributed by atoms with van der Waals surface area (Å²) in [6.07, 6.45) is 16.8. The lowest BCUT2D eigenvalue weighted by Gasteiger charge is -2.28. The van der Waals surface area contributed by atoms with Crippen molar-refractivity contribution in [3.63, 3.8) is 0 Å². The van der Waals surface area contributed by atoms with Gasteiger partial charge in [0, 0.05) is 5.69 Å². The molecule has 220 valence electrons. The highest BCUT2D eigenvalue weighted by atomic mass is 28.3. The predicted octanol–water partition coefficient (Wildman–Crippen LogP) is 10.5. The van der Waals surface area contributed by atoms with Crippen LogP contribution in [0.25, 0.3) is 0 Å². The van der Waals surface area contributed by atoms with E-state index in [2.05, 4.69) is 46.0 Å². The number of rotatable bonds is 21. The topological polar surface area (TPSA) is 51.5 Å². The number of amides is 1. The van der Waals surface area contributed by atoms with Crippen LogP contribution in [-0.4, -0.2) is 20.3 Å². The molecule has 1 aromatic heterocycles. The van der Waals surface area contributed by atoms with Gasteiger partial charge in [0.1, 0.15) is 14.2 Å². The van der Waals surface area contributed by atoms with E-state index in [0.29, 0.717) is 5.92 Å². The van der Waals surface area contributed by atoms with Gasteiger partial charge in [-0.15, -0.1) is 0 Å². The van der Waals surface area contributed by atoms with E-state index in [9.17, 15) is 4.79 Å². The third kappa shape index (κ3) is 11.2. The highest BCUT2D eigenvalue weighted by Crippen LogP contribution is 2.28. The Morgan fingerprint density at radius 3 is 2.10 bits per heavy atom. The number of anilines is 1. The van der Waals surface area contributed by atoms with Crippen molar-refractivity contribution in [1.29, 1.82) is 0 Å². The first-order valence-corrected chi connectivity index (χ1v) is 18.7. The SMILES string of the molecule is CCCCCCCCC(CCCC)C(CCCc1ccoc1[Si](CC)(CC)CC)OC(=O)Nc1ccccc1. The molecule has 0 radical (unpaired) electrons. The van der Waals surface area contributed by atoms with E-state index in [1.807, 2.05) is 36.6 Å². The number of para-hydroxylation sites is 1. The standard InChI is InChI=1S/C34H57NO3Si/c1-6-11-13-14-15-17-22-29(21-12-7-2)32(38-34(36)35-31-24-18-16-19-25-31)26-20-23-30-27-28-37-33(30)39(8-3,9-4)10-5/h16,18-19,24-25,27-29,32H,6-15,17,20-23,26H2,1-5H3,(H,35,36). The van der Waals surface area contributed by atoms with Crippen molar-refractivity contribution in [2.45, 2.75) is 142 Å². The second kappa shape index (κ2) is 19.1. The molecule has 0 saturated carbocycles. The van der Waals surface area contributed by atoms with Crippen LogP contribution in [0.2, 0.25) is 18.1 Å². The Morgan fingerprint density at radius 2 is 1.44 bits per heavy atom. The minimum atomic E-state index is -1.57. The molecule has 0 aliphatic heterocycles. The first-order chi connectivity index (χ1) is 19.0. The smallest absolute Gasteiger partial charge is 0.411 e. The summed E-state index contributed by atoms with van der Waals surface area (Å²) in [5, 5.41) is 4.27. The Morgan fingerprint density at radius 1 is 0.795 bits per heavy atom. The number of benzene rings is 1. The minimum absolute atomic E-state index is 0.0585. The van der Waals surface area contributed by atoms with Crippen LogP contribution in [0.5, 0.6) is 0 Å². The molecule has 0 aliphatic carbocycles. The van der Waals surface area contributed by atoms with Crippen LogP contribution in [0.15, 0.2) is 47.1 Å². The summed E-state index contributed by atoms with van der Waals surface area (Å²) in [5.41, 5.74) is 2.17. The molecule has 1 aromatic carbocycles. The van der Waals surface area contributed by atoms with Gasteiger partial charge in [-0.3, -0.25) is 5.32 Å². The minimum Gasteiger partial charge on any atom is -0.474 e. The number of furan rings is 1. The van der Waals surface area contributed by atoms with E-state index in [0.717, 1.165) is 37.8 Å². The molecule has 1 N–H and O–H groups in total.